The Hall–Kier alpha value is -0.120. The third kappa shape index (κ3) is 4.39. The van der Waals surface area contributed by atoms with Gasteiger partial charge in [-0.25, -0.2) is 0 Å². The molecule has 0 heterocycles. The molecule has 0 radical (unpaired) electrons. The van der Waals surface area contributed by atoms with Crippen LogP contribution in [0.3, 0.4) is 0 Å². The Balaban J connectivity index is 0. The van der Waals surface area contributed by atoms with Crippen molar-refractivity contribution in [2.24, 2.45) is 0 Å². The zero-order chi connectivity index (χ0) is 6.57. The van der Waals surface area contributed by atoms with Gasteiger partial charge < -0.3 is 15.5 Å². The largest absolute Gasteiger partial charge is 0.412 e. The minimum atomic E-state index is 0. The molecule has 0 spiro atoms. The number of rotatable bonds is 3. The maximum Gasteiger partial charge on any atom is 0.0586 e. The average Bonchev–Trinajstić information content (AvgIpc) is 1.69. The topological polar surface area (TPSA) is 55.0 Å². The average molecular weight is 135 g/mol. The van der Waals surface area contributed by atoms with E-state index in [-0.39, 0.29) is 12.1 Å². The number of hydrogen-bond donors (Lipinski definition) is 1. The summed E-state index contributed by atoms with van der Waals surface area (Å²) in [5.74, 6) is 0. The predicted octanol–water partition coefficient (Wildman–Crippen LogP) is -0.506. The van der Waals surface area contributed by atoms with E-state index >= 15 is 0 Å². The van der Waals surface area contributed by atoms with Gasteiger partial charge in [0, 0.05) is 6.04 Å². The SMILES string of the molecule is CCC(CO)N(C)C.O. The van der Waals surface area contributed by atoms with E-state index in [2.05, 4.69) is 6.92 Å². The molecular formula is C6H17NO2. The monoisotopic (exact) mass is 135 g/mol. The molecule has 3 heteroatoms. The van der Waals surface area contributed by atoms with Gasteiger partial charge in [0.05, 0.1) is 6.61 Å². The molecular weight excluding hydrogens is 118 g/mol. The van der Waals surface area contributed by atoms with Crippen LogP contribution in [-0.2, 0) is 0 Å². The van der Waals surface area contributed by atoms with E-state index in [1.165, 1.54) is 0 Å². The van der Waals surface area contributed by atoms with E-state index in [1.807, 2.05) is 19.0 Å². The molecule has 0 saturated carbocycles. The fourth-order valence-electron chi connectivity index (χ4n) is 0.658. The van der Waals surface area contributed by atoms with Crippen molar-refractivity contribution in [3.63, 3.8) is 0 Å². The molecule has 0 aromatic rings. The third-order valence-electron chi connectivity index (χ3n) is 1.41. The van der Waals surface area contributed by atoms with Gasteiger partial charge >= 0.3 is 0 Å². The van der Waals surface area contributed by atoms with E-state index in [4.69, 9.17) is 5.11 Å². The van der Waals surface area contributed by atoms with Gasteiger partial charge in [-0.1, -0.05) is 6.92 Å². The Morgan fingerprint density at radius 2 is 1.89 bits per heavy atom. The van der Waals surface area contributed by atoms with E-state index in [0.717, 1.165) is 6.42 Å². The Bertz CT molecular complexity index is 53.0. The number of aliphatic hydroxyl groups excluding tert-OH is 1. The lowest BCUT2D eigenvalue weighted by Crippen LogP contribution is -2.30. The first-order valence-electron chi connectivity index (χ1n) is 2.99. The summed E-state index contributed by atoms with van der Waals surface area (Å²) in [6.07, 6.45) is 1.02. The number of likely N-dealkylation sites (N-methyl/N-ethyl adjacent to an activating group) is 1. The molecule has 0 fully saturated rings. The second kappa shape index (κ2) is 6.01. The van der Waals surface area contributed by atoms with Crippen LogP contribution in [0.5, 0.6) is 0 Å². The summed E-state index contributed by atoms with van der Waals surface area (Å²) in [6.45, 7) is 2.34. The van der Waals surface area contributed by atoms with E-state index in [0.29, 0.717) is 6.04 Å². The maximum absolute atomic E-state index is 8.65. The highest BCUT2D eigenvalue weighted by Crippen LogP contribution is 1.95. The molecule has 0 aliphatic carbocycles. The van der Waals surface area contributed by atoms with Gasteiger partial charge in [-0.3, -0.25) is 0 Å². The molecule has 0 saturated heterocycles. The van der Waals surface area contributed by atoms with Crippen molar-refractivity contribution in [1.82, 2.24) is 4.90 Å². The van der Waals surface area contributed by atoms with Crippen LogP contribution in [0.1, 0.15) is 13.3 Å². The zero-order valence-electron chi connectivity index (χ0n) is 6.39. The molecule has 58 valence electrons. The summed E-state index contributed by atoms with van der Waals surface area (Å²) >= 11 is 0. The van der Waals surface area contributed by atoms with E-state index < -0.39 is 0 Å². The number of nitrogens with zero attached hydrogens (tertiary/aromatic N) is 1. The first-order valence-corrected chi connectivity index (χ1v) is 2.99. The molecule has 3 N–H and O–H groups in total. The van der Waals surface area contributed by atoms with Crippen molar-refractivity contribution in [3.05, 3.63) is 0 Å². The smallest absolute Gasteiger partial charge is 0.0586 e. The Kier molecular flexibility index (Phi) is 7.77. The van der Waals surface area contributed by atoms with Crippen LogP contribution in [-0.4, -0.2) is 42.2 Å². The lowest BCUT2D eigenvalue weighted by Gasteiger charge is -2.19. The Labute approximate surface area is 56.6 Å². The second-order valence-electron chi connectivity index (χ2n) is 2.21. The fraction of sp³-hybridized carbons (Fsp3) is 1.00. The first kappa shape index (κ1) is 11.6. The summed E-state index contributed by atoms with van der Waals surface area (Å²) in [5.41, 5.74) is 0. The quantitative estimate of drug-likeness (QED) is 0.567. The van der Waals surface area contributed by atoms with Gasteiger partial charge in [-0.15, -0.1) is 0 Å². The summed E-state index contributed by atoms with van der Waals surface area (Å²) in [4.78, 5) is 2.03. The molecule has 0 amide bonds. The first-order chi connectivity index (χ1) is 3.72. The fourth-order valence-corrected chi connectivity index (χ4v) is 0.658. The van der Waals surface area contributed by atoms with Crippen molar-refractivity contribution < 1.29 is 10.6 Å². The lowest BCUT2D eigenvalue weighted by molar-refractivity contribution is 0.166. The van der Waals surface area contributed by atoms with Crippen LogP contribution < -0.4 is 0 Å². The van der Waals surface area contributed by atoms with E-state index in [9.17, 15) is 0 Å². The normalized spacial score (nSPS) is 13.0. The molecule has 0 aromatic heterocycles. The molecule has 9 heavy (non-hydrogen) atoms. The summed E-state index contributed by atoms with van der Waals surface area (Å²) in [7, 11) is 3.95. The van der Waals surface area contributed by atoms with Gasteiger partial charge in [0.2, 0.25) is 0 Å². The van der Waals surface area contributed by atoms with Gasteiger partial charge in [0.1, 0.15) is 0 Å². The van der Waals surface area contributed by atoms with Crippen LogP contribution in [0.15, 0.2) is 0 Å². The Morgan fingerprint density at radius 3 is 1.89 bits per heavy atom. The highest BCUT2D eigenvalue weighted by Gasteiger charge is 2.04. The molecule has 1 unspecified atom stereocenters. The van der Waals surface area contributed by atoms with E-state index in [1.54, 1.807) is 0 Å². The van der Waals surface area contributed by atoms with Gasteiger partial charge in [-0.2, -0.15) is 0 Å². The van der Waals surface area contributed by atoms with Crippen LogP contribution in [0, 0.1) is 0 Å². The minimum absolute atomic E-state index is 0. The molecule has 0 aliphatic heterocycles. The molecule has 3 nitrogen and oxygen atoms in total. The molecule has 0 bridgehead atoms. The molecule has 1 atom stereocenters. The second-order valence-corrected chi connectivity index (χ2v) is 2.21. The van der Waals surface area contributed by atoms with Gasteiger partial charge in [-0.05, 0) is 20.5 Å². The van der Waals surface area contributed by atoms with Gasteiger partial charge in [0.25, 0.3) is 0 Å². The summed E-state index contributed by atoms with van der Waals surface area (Å²) in [5, 5.41) is 8.65. The highest BCUT2D eigenvalue weighted by molar-refractivity contribution is 4.59. The molecule has 0 rings (SSSR count). The van der Waals surface area contributed by atoms with Crippen LogP contribution >= 0.6 is 0 Å². The van der Waals surface area contributed by atoms with Crippen LogP contribution in [0.25, 0.3) is 0 Å². The lowest BCUT2D eigenvalue weighted by atomic mass is 10.2. The summed E-state index contributed by atoms with van der Waals surface area (Å²) in [6, 6.07) is 0.343. The van der Waals surface area contributed by atoms with Crippen molar-refractivity contribution >= 4 is 0 Å². The Morgan fingerprint density at radius 1 is 1.44 bits per heavy atom. The van der Waals surface area contributed by atoms with Crippen molar-refractivity contribution in [2.45, 2.75) is 19.4 Å². The van der Waals surface area contributed by atoms with Gasteiger partial charge in [0.15, 0.2) is 0 Å². The summed E-state index contributed by atoms with van der Waals surface area (Å²) < 4.78 is 0. The predicted molar refractivity (Wildman–Crippen MR) is 38.5 cm³/mol. The van der Waals surface area contributed by atoms with Crippen molar-refractivity contribution in [3.8, 4) is 0 Å². The maximum atomic E-state index is 8.65. The standard InChI is InChI=1S/C6H15NO.H2O/c1-4-6(5-8)7(2)3;/h6,8H,4-5H2,1-3H3;1H2. The van der Waals surface area contributed by atoms with Crippen LogP contribution in [0.2, 0.25) is 0 Å². The van der Waals surface area contributed by atoms with Crippen LogP contribution in [0.4, 0.5) is 0 Å². The number of aliphatic hydroxyl groups is 1. The van der Waals surface area contributed by atoms with Crippen molar-refractivity contribution in [2.75, 3.05) is 20.7 Å². The minimum Gasteiger partial charge on any atom is -0.412 e. The third-order valence-corrected chi connectivity index (χ3v) is 1.41. The highest BCUT2D eigenvalue weighted by atomic mass is 16.3. The molecule has 0 aliphatic rings. The molecule has 0 aromatic carbocycles. The number of hydrogen-bond acceptors (Lipinski definition) is 2. The van der Waals surface area contributed by atoms with Crippen molar-refractivity contribution in [1.29, 1.82) is 0 Å². The zero-order valence-corrected chi connectivity index (χ0v) is 6.39.